The molecule has 3 rings (SSSR count). The van der Waals surface area contributed by atoms with Crippen LogP contribution in [0, 0.1) is 6.92 Å². The molecule has 1 aromatic carbocycles. The first-order chi connectivity index (χ1) is 8.25. The zero-order valence-corrected chi connectivity index (χ0v) is 9.44. The Kier molecular flexibility index (Phi) is 2.08. The molecule has 17 heavy (non-hydrogen) atoms. The molecule has 2 heterocycles. The minimum absolute atomic E-state index is 0.726. The molecule has 0 atom stereocenters. The highest BCUT2D eigenvalue weighted by molar-refractivity contribution is 5.78. The summed E-state index contributed by atoms with van der Waals surface area (Å²) in [5.41, 5.74) is 10.4. The maximum absolute atomic E-state index is 5.89. The van der Waals surface area contributed by atoms with Crippen molar-refractivity contribution in [2.24, 2.45) is 0 Å². The van der Waals surface area contributed by atoms with Gasteiger partial charge in [0.1, 0.15) is 5.82 Å². The summed E-state index contributed by atoms with van der Waals surface area (Å²) in [5, 5.41) is 0. The van der Waals surface area contributed by atoms with Crippen LogP contribution in [0.4, 0.5) is 5.69 Å². The normalized spacial score (nSPS) is 10.9. The van der Waals surface area contributed by atoms with Crippen molar-refractivity contribution in [1.29, 1.82) is 0 Å². The molecule has 0 aliphatic heterocycles. The summed E-state index contributed by atoms with van der Waals surface area (Å²) >= 11 is 0. The zero-order valence-electron chi connectivity index (χ0n) is 9.44. The van der Waals surface area contributed by atoms with Gasteiger partial charge in [-0.2, -0.15) is 0 Å². The average molecular weight is 224 g/mol. The molecule has 0 unspecified atom stereocenters. The number of nitrogens with zero attached hydrogens (tertiary/aromatic N) is 2. The largest absolute Gasteiger partial charge is 0.398 e. The molecule has 0 amide bonds. The van der Waals surface area contributed by atoms with Crippen molar-refractivity contribution in [3.8, 4) is 11.4 Å². The minimum Gasteiger partial charge on any atom is -0.398 e. The molecular weight excluding hydrogens is 212 g/mol. The Labute approximate surface area is 98.5 Å². The van der Waals surface area contributed by atoms with Crippen LogP contribution < -0.4 is 5.73 Å². The van der Waals surface area contributed by atoms with E-state index >= 15 is 0 Å². The topological polar surface area (TPSA) is 67.6 Å². The lowest BCUT2D eigenvalue weighted by atomic mass is 10.1. The Bertz CT molecular complexity index is 652. The van der Waals surface area contributed by atoms with Gasteiger partial charge in [-0.25, -0.2) is 9.97 Å². The van der Waals surface area contributed by atoms with Gasteiger partial charge in [0.2, 0.25) is 0 Å². The second-order valence-corrected chi connectivity index (χ2v) is 3.98. The van der Waals surface area contributed by atoms with E-state index in [-0.39, 0.29) is 0 Å². The molecule has 0 saturated heterocycles. The van der Waals surface area contributed by atoms with Gasteiger partial charge in [0.05, 0.1) is 5.52 Å². The number of imidazole rings is 1. The number of aromatic amines is 1. The number of nitrogen functional groups attached to an aromatic ring is 1. The molecule has 4 nitrogen and oxygen atoms in total. The van der Waals surface area contributed by atoms with Crippen LogP contribution in [-0.4, -0.2) is 15.0 Å². The van der Waals surface area contributed by atoms with E-state index in [9.17, 15) is 0 Å². The molecule has 0 radical (unpaired) electrons. The number of hydrogen-bond donors (Lipinski definition) is 2. The number of nitrogens with one attached hydrogen (secondary N) is 1. The number of rotatable bonds is 1. The Hall–Kier alpha value is -2.36. The summed E-state index contributed by atoms with van der Waals surface area (Å²) in [6.07, 6.45) is 1.74. The van der Waals surface area contributed by atoms with E-state index in [1.165, 1.54) is 0 Å². The first-order valence-electron chi connectivity index (χ1n) is 5.42. The van der Waals surface area contributed by atoms with E-state index in [1.54, 1.807) is 6.20 Å². The number of aromatic nitrogens is 3. The van der Waals surface area contributed by atoms with Crippen molar-refractivity contribution in [2.45, 2.75) is 6.92 Å². The monoisotopic (exact) mass is 224 g/mol. The summed E-state index contributed by atoms with van der Waals surface area (Å²) in [6.45, 7) is 1.99. The number of fused-ring (bicyclic) bond motifs is 1. The second-order valence-electron chi connectivity index (χ2n) is 3.98. The van der Waals surface area contributed by atoms with Crippen molar-refractivity contribution in [2.75, 3.05) is 5.73 Å². The Balaban J connectivity index is 2.24. The molecule has 0 aliphatic carbocycles. The highest BCUT2D eigenvalue weighted by Crippen LogP contribution is 2.25. The van der Waals surface area contributed by atoms with E-state index in [0.717, 1.165) is 33.8 Å². The highest BCUT2D eigenvalue weighted by Gasteiger charge is 2.09. The molecule has 0 fully saturated rings. The number of anilines is 1. The van der Waals surface area contributed by atoms with Gasteiger partial charge < -0.3 is 10.7 Å². The number of pyridine rings is 1. The van der Waals surface area contributed by atoms with Gasteiger partial charge in [0.15, 0.2) is 5.65 Å². The molecule has 0 saturated carbocycles. The summed E-state index contributed by atoms with van der Waals surface area (Å²) in [7, 11) is 0. The first kappa shape index (κ1) is 9.84. The van der Waals surface area contributed by atoms with E-state index in [4.69, 9.17) is 5.73 Å². The second kappa shape index (κ2) is 3.59. The fourth-order valence-corrected chi connectivity index (χ4v) is 1.88. The van der Waals surface area contributed by atoms with Gasteiger partial charge in [-0.15, -0.1) is 0 Å². The van der Waals surface area contributed by atoms with Crippen molar-refractivity contribution < 1.29 is 0 Å². The van der Waals surface area contributed by atoms with Crippen LogP contribution in [0.15, 0.2) is 36.5 Å². The van der Waals surface area contributed by atoms with E-state index in [2.05, 4.69) is 15.0 Å². The minimum atomic E-state index is 0.726. The molecular formula is C13H12N4. The van der Waals surface area contributed by atoms with Gasteiger partial charge >= 0.3 is 0 Å². The SMILES string of the molecule is Cc1c(N)cccc1-c1nc2ncccc2[nH]1. The van der Waals surface area contributed by atoms with Gasteiger partial charge in [-0.1, -0.05) is 12.1 Å². The van der Waals surface area contributed by atoms with Gasteiger partial charge in [0.25, 0.3) is 0 Å². The lowest BCUT2D eigenvalue weighted by Crippen LogP contribution is -1.92. The third kappa shape index (κ3) is 1.54. The molecule has 0 spiro atoms. The standard InChI is InChI=1S/C13H12N4/c1-8-9(4-2-5-10(8)14)12-16-11-6-3-7-15-13(11)17-12/h2-7H,14H2,1H3,(H,15,16,17). The number of benzene rings is 1. The lowest BCUT2D eigenvalue weighted by molar-refractivity contribution is 1.28. The maximum Gasteiger partial charge on any atom is 0.178 e. The number of hydrogen-bond acceptors (Lipinski definition) is 3. The van der Waals surface area contributed by atoms with Crippen LogP contribution in [0.1, 0.15) is 5.56 Å². The summed E-state index contributed by atoms with van der Waals surface area (Å²) in [6, 6.07) is 9.67. The zero-order chi connectivity index (χ0) is 11.8. The third-order valence-corrected chi connectivity index (χ3v) is 2.89. The lowest BCUT2D eigenvalue weighted by Gasteiger charge is -2.04. The van der Waals surface area contributed by atoms with Crippen molar-refractivity contribution in [1.82, 2.24) is 15.0 Å². The molecule has 3 N–H and O–H groups in total. The number of nitrogens with two attached hydrogens (primary N) is 1. The predicted octanol–water partition coefficient (Wildman–Crippen LogP) is 2.52. The smallest absolute Gasteiger partial charge is 0.178 e. The van der Waals surface area contributed by atoms with Crippen molar-refractivity contribution in [3.63, 3.8) is 0 Å². The van der Waals surface area contributed by atoms with E-state index in [0.29, 0.717) is 0 Å². The van der Waals surface area contributed by atoms with Crippen LogP contribution in [0.2, 0.25) is 0 Å². The Morgan fingerprint density at radius 2 is 2.06 bits per heavy atom. The van der Waals surface area contributed by atoms with Gasteiger partial charge in [0, 0.05) is 17.4 Å². The van der Waals surface area contributed by atoms with Crippen LogP contribution in [-0.2, 0) is 0 Å². The van der Waals surface area contributed by atoms with Crippen molar-refractivity contribution in [3.05, 3.63) is 42.1 Å². The van der Waals surface area contributed by atoms with E-state index in [1.807, 2.05) is 37.3 Å². The van der Waals surface area contributed by atoms with E-state index < -0.39 is 0 Å². The first-order valence-corrected chi connectivity index (χ1v) is 5.42. The summed E-state index contributed by atoms with van der Waals surface area (Å²) < 4.78 is 0. The third-order valence-electron chi connectivity index (χ3n) is 2.89. The van der Waals surface area contributed by atoms with Crippen LogP contribution in [0.3, 0.4) is 0 Å². The maximum atomic E-state index is 5.89. The fraction of sp³-hybridized carbons (Fsp3) is 0.0769. The quantitative estimate of drug-likeness (QED) is 0.624. The van der Waals surface area contributed by atoms with Gasteiger partial charge in [-0.05, 0) is 30.7 Å². The molecule has 0 bridgehead atoms. The fourth-order valence-electron chi connectivity index (χ4n) is 1.88. The van der Waals surface area contributed by atoms with Crippen LogP contribution >= 0.6 is 0 Å². The molecule has 0 aliphatic rings. The summed E-state index contributed by atoms with van der Waals surface area (Å²) in [5.74, 6) is 0.809. The van der Waals surface area contributed by atoms with Gasteiger partial charge in [-0.3, -0.25) is 0 Å². The Morgan fingerprint density at radius 1 is 1.18 bits per heavy atom. The molecule has 3 aromatic rings. The molecule has 4 heteroatoms. The predicted molar refractivity (Wildman–Crippen MR) is 68.5 cm³/mol. The Morgan fingerprint density at radius 3 is 2.88 bits per heavy atom. The van der Waals surface area contributed by atoms with Crippen LogP contribution in [0.25, 0.3) is 22.6 Å². The van der Waals surface area contributed by atoms with Crippen LogP contribution in [0.5, 0.6) is 0 Å². The summed E-state index contributed by atoms with van der Waals surface area (Å²) in [4.78, 5) is 11.9. The van der Waals surface area contributed by atoms with Crippen molar-refractivity contribution >= 4 is 16.9 Å². The molecule has 2 aromatic heterocycles. The highest BCUT2D eigenvalue weighted by atomic mass is 15.0. The molecule has 84 valence electrons. The number of H-pyrrole nitrogens is 1. The average Bonchev–Trinajstić information content (AvgIpc) is 2.76.